The Bertz CT molecular complexity index is 854. The van der Waals surface area contributed by atoms with Crippen LogP contribution < -0.4 is 4.72 Å². The molecule has 0 saturated heterocycles. The summed E-state index contributed by atoms with van der Waals surface area (Å²) >= 11 is 0. The lowest BCUT2D eigenvalue weighted by atomic mass is 10.3. The number of hydrogen-bond donors (Lipinski definition) is 2. The molecular formula is C12H12N6O2S. The van der Waals surface area contributed by atoms with Crippen LogP contribution in [0.15, 0.2) is 48.1 Å². The van der Waals surface area contributed by atoms with E-state index < -0.39 is 10.0 Å². The van der Waals surface area contributed by atoms with Crippen molar-refractivity contribution < 1.29 is 8.42 Å². The summed E-state index contributed by atoms with van der Waals surface area (Å²) in [5, 5.41) is 7.45. The molecule has 2 heterocycles. The normalized spacial score (nSPS) is 11.5. The molecule has 0 aliphatic rings. The molecule has 0 aliphatic heterocycles. The maximum absolute atomic E-state index is 12.2. The Morgan fingerprint density at radius 2 is 2.00 bits per heavy atom. The van der Waals surface area contributed by atoms with Crippen molar-refractivity contribution in [3.05, 3.63) is 48.9 Å². The number of aryl methyl sites for hydroxylation is 1. The van der Waals surface area contributed by atoms with Gasteiger partial charge in [0.2, 0.25) is 0 Å². The van der Waals surface area contributed by atoms with Gasteiger partial charge in [0.05, 0.1) is 17.6 Å². The van der Waals surface area contributed by atoms with Crippen molar-refractivity contribution in [1.29, 1.82) is 0 Å². The highest BCUT2D eigenvalue weighted by Crippen LogP contribution is 2.18. The summed E-state index contributed by atoms with van der Waals surface area (Å²) in [4.78, 5) is 6.58. The summed E-state index contributed by atoms with van der Waals surface area (Å²) in [5.74, 6) is 0.536. The largest absolute Gasteiger partial charge is 0.332 e. The Morgan fingerprint density at radius 1 is 1.24 bits per heavy atom. The van der Waals surface area contributed by atoms with Gasteiger partial charge in [-0.15, -0.1) is 10.2 Å². The van der Waals surface area contributed by atoms with Gasteiger partial charge in [-0.2, -0.15) is 8.42 Å². The van der Waals surface area contributed by atoms with Gasteiger partial charge in [-0.1, -0.05) is 6.07 Å². The summed E-state index contributed by atoms with van der Waals surface area (Å²) in [6.45, 7) is 1.69. The van der Waals surface area contributed by atoms with Crippen molar-refractivity contribution in [3.63, 3.8) is 0 Å². The van der Waals surface area contributed by atoms with E-state index in [9.17, 15) is 8.42 Å². The van der Waals surface area contributed by atoms with Crippen LogP contribution in [-0.4, -0.2) is 33.2 Å². The van der Waals surface area contributed by atoms with E-state index in [0.29, 0.717) is 11.5 Å². The third-order valence-electron chi connectivity index (χ3n) is 2.78. The van der Waals surface area contributed by atoms with E-state index in [1.165, 1.54) is 18.9 Å². The molecule has 9 heteroatoms. The van der Waals surface area contributed by atoms with Gasteiger partial charge in [0, 0.05) is 0 Å². The van der Waals surface area contributed by atoms with Crippen LogP contribution in [0.4, 0.5) is 5.69 Å². The van der Waals surface area contributed by atoms with Crippen molar-refractivity contribution in [3.8, 4) is 5.69 Å². The predicted molar refractivity (Wildman–Crippen MR) is 75.5 cm³/mol. The van der Waals surface area contributed by atoms with Crippen LogP contribution >= 0.6 is 0 Å². The Labute approximate surface area is 120 Å². The number of anilines is 1. The SMILES string of the molecule is Cc1ncc(S(=O)(=O)Nc2cccc(-n3cnnc3)c2)[nH]1. The molecule has 108 valence electrons. The Hall–Kier alpha value is -2.68. The lowest BCUT2D eigenvalue weighted by molar-refractivity contribution is 0.598. The fraction of sp³-hybridized carbons (Fsp3) is 0.0833. The molecule has 0 unspecified atom stereocenters. The van der Waals surface area contributed by atoms with Gasteiger partial charge >= 0.3 is 0 Å². The second-order valence-corrected chi connectivity index (χ2v) is 6.01. The van der Waals surface area contributed by atoms with E-state index in [4.69, 9.17) is 0 Å². The molecule has 0 bridgehead atoms. The van der Waals surface area contributed by atoms with Gasteiger partial charge in [-0.3, -0.25) is 9.29 Å². The summed E-state index contributed by atoms with van der Waals surface area (Å²) in [6, 6.07) is 6.91. The fourth-order valence-corrected chi connectivity index (χ4v) is 2.83. The highest BCUT2D eigenvalue weighted by atomic mass is 32.2. The smallest absolute Gasteiger partial charge is 0.278 e. The van der Waals surface area contributed by atoms with Crippen LogP contribution in [0.1, 0.15) is 5.82 Å². The maximum atomic E-state index is 12.2. The Balaban J connectivity index is 1.90. The minimum absolute atomic E-state index is 0.0229. The lowest BCUT2D eigenvalue weighted by Crippen LogP contribution is -2.13. The standard InChI is InChI=1S/C12H12N6O2S/c1-9-13-6-12(16-9)21(19,20)17-10-3-2-4-11(5-10)18-7-14-15-8-18/h2-8,17H,1H3,(H,13,16). The third kappa shape index (κ3) is 2.77. The van der Waals surface area contributed by atoms with Crippen molar-refractivity contribution in [1.82, 2.24) is 24.7 Å². The molecule has 0 spiro atoms. The number of imidazole rings is 1. The van der Waals surface area contributed by atoms with E-state index in [0.717, 1.165) is 5.69 Å². The maximum Gasteiger partial charge on any atom is 0.278 e. The van der Waals surface area contributed by atoms with Crippen LogP contribution in [0, 0.1) is 6.92 Å². The summed E-state index contributed by atoms with van der Waals surface area (Å²) < 4.78 is 28.6. The highest BCUT2D eigenvalue weighted by Gasteiger charge is 2.16. The van der Waals surface area contributed by atoms with Gasteiger partial charge in [-0.05, 0) is 25.1 Å². The second-order valence-electron chi connectivity index (χ2n) is 4.36. The van der Waals surface area contributed by atoms with Gasteiger partial charge in [0.1, 0.15) is 18.5 Å². The van der Waals surface area contributed by atoms with E-state index >= 15 is 0 Å². The van der Waals surface area contributed by atoms with E-state index in [1.54, 1.807) is 29.7 Å². The Kier molecular flexibility index (Phi) is 3.18. The molecule has 0 amide bonds. The van der Waals surface area contributed by atoms with Crippen LogP contribution in [0.5, 0.6) is 0 Å². The predicted octanol–water partition coefficient (Wildman–Crippen LogP) is 1.10. The third-order valence-corrected chi connectivity index (χ3v) is 4.08. The summed E-state index contributed by atoms with van der Waals surface area (Å²) in [7, 11) is -3.69. The number of nitrogens with zero attached hydrogens (tertiary/aromatic N) is 4. The zero-order valence-electron chi connectivity index (χ0n) is 11.1. The van der Waals surface area contributed by atoms with Crippen molar-refractivity contribution >= 4 is 15.7 Å². The molecule has 3 aromatic rings. The Morgan fingerprint density at radius 3 is 2.67 bits per heavy atom. The number of aromatic nitrogens is 5. The number of nitrogens with one attached hydrogen (secondary N) is 2. The molecule has 2 aromatic heterocycles. The quantitative estimate of drug-likeness (QED) is 0.751. The number of H-pyrrole nitrogens is 1. The first-order chi connectivity index (χ1) is 10.0. The zero-order valence-corrected chi connectivity index (χ0v) is 11.9. The van der Waals surface area contributed by atoms with E-state index in [1.807, 2.05) is 6.07 Å². The highest BCUT2D eigenvalue weighted by molar-refractivity contribution is 7.92. The summed E-state index contributed by atoms with van der Waals surface area (Å²) in [6.07, 6.45) is 4.35. The zero-order chi connectivity index (χ0) is 14.9. The van der Waals surface area contributed by atoms with Crippen molar-refractivity contribution in [2.24, 2.45) is 0 Å². The number of sulfonamides is 1. The molecule has 0 radical (unpaired) electrons. The minimum atomic E-state index is -3.69. The second kappa shape index (κ2) is 5.02. The topological polar surface area (TPSA) is 106 Å². The van der Waals surface area contributed by atoms with Crippen LogP contribution in [0.25, 0.3) is 5.69 Å². The van der Waals surface area contributed by atoms with E-state index in [2.05, 4.69) is 24.9 Å². The molecule has 0 saturated carbocycles. The van der Waals surface area contributed by atoms with Gasteiger partial charge in [0.25, 0.3) is 10.0 Å². The first-order valence-corrected chi connectivity index (χ1v) is 7.52. The fourth-order valence-electron chi connectivity index (χ4n) is 1.81. The van der Waals surface area contributed by atoms with E-state index in [-0.39, 0.29) is 5.03 Å². The molecule has 3 rings (SSSR count). The van der Waals surface area contributed by atoms with Gasteiger partial charge in [0.15, 0.2) is 5.03 Å². The lowest BCUT2D eigenvalue weighted by Gasteiger charge is -2.08. The molecular weight excluding hydrogens is 292 g/mol. The van der Waals surface area contributed by atoms with Crippen LogP contribution in [-0.2, 0) is 10.0 Å². The molecule has 0 atom stereocenters. The monoisotopic (exact) mass is 304 g/mol. The van der Waals surface area contributed by atoms with Gasteiger partial charge < -0.3 is 4.98 Å². The number of hydrogen-bond acceptors (Lipinski definition) is 5. The molecule has 0 aliphatic carbocycles. The molecule has 21 heavy (non-hydrogen) atoms. The molecule has 2 N–H and O–H groups in total. The molecule has 8 nitrogen and oxygen atoms in total. The number of rotatable bonds is 4. The minimum Gasteiger partial charge on any atom is -0.332 e. The van der Waals surface area contributed by atoms with Crippen LogP contribution in [0.2, 0.25) is 0 Å². The molecule has 1 aromatic carbocycles. The van der Waals surface area contributed by atoms with Crippen molar-refractivity contribution in [2.45, 2.75) is 11.9 Å². The molecule has 0 fully saturated rings. The van der Waals surface area contributed by atoms with Crippen molar-refractivity contribution in [2.75, 3.05) is 4.72 Å². The first-order valence-electron chi connectivity index (χ1n) is 6.04. The summed E-state index contributed by atoms with van der Waals surface area (Å²) in [5.41, 5.74) is 1.19. The van der Waals surface area contributed by atoms with Crippen LogP contribution in [0.3, 0.4) is 0 Å². The number of benzene rings is 1. The average Bonchev–Trinajstić information content (AvgIpc) is 3.09. The van der Waals surface area contributed by atoms with Gasteiger partial charge in [-0.25, -0.2) is 4.98 Å². The number of aromatic amines is 1. The average molecular weight is 304 g/mol. The first kappa shape index (κ1) is 13.3.